The summed E-state index contributed by atoms with van der Waals surface area (Å²) in [6.45, 7) is 2.28. The van der Waals surface area contributed by atoms with Gasteiger partial charge in [-0.25, -0.2) is 0 Å². The van der Waals surface area contributed by atoms with Crippen LogP contribution in [0.2, 0.25) is 0 Å². The molecule has 1 unspecified atom stereocenters. The first-order chi connectivity index (χ1) is 8.86. The molecule has 0 bridgehead atoms. The van der Waals surface area contributed by atoms with Gasteiger partial charge >= 0.3 is 0 Å². The molecule has 1 aromatic carbocycles. The zero-order chi connectivity index (χ0) is 12.4. The molecule has 1 saturated heterocycles. The van der Waals surface area contributed by atoms with Crippen molar-refractivity contribution in [1.82, 2.24) is 9.88 Å². The Kier molecular flexibility index (Phi) is 3.62. The Hall–Kier alpha value is -0.930. The normalized spacial score (nSPS) is 20.6. The van der Waals surface area contributed by atoms with Gasteiger partial charge in [0, 0.05) is 29.5 Å². The average Bonchev–Trinajstić information content (AvgIpc) is 2.86. The van der Waals surface area contributed by atoms with Gasteiger partial charge in [-0.2, -0.15) is 0 Å². The molecule has 3 heteroatoms. The third kappa shape index (κ3) is 2.43. The van der Waals surface area contributed by atoms with E-state index in [-0.39, 0.29) is 0 Å². The zero-order valence-electron chi connectivity index (χ0n) is 10.3. The van der Waals surface area contributed by atoms with Gasteiger partial charge in [-0.15, -0.1) is 0 Å². The summed E-state index contributed by atoms with van der Waals surface area (Å²) in [5.74, 6) is 0. The molecule has 0 amide bonds. The van der Waals surface area contributed by atoms with Crippen molar-refractivity contribution in [3.05, 3.63) is 42.1 Å². The topological polar surface area (TPSA) is 16.1 Å². The molecule has 0 aliphatic carbocycles. The lowest BCUT2D eigenvalue weighted by Crippen LogP contribution is -2.29. The number of hydrogen-bond donors (Lipinski definition) is 0. The number of aromatic nitrogens is 1. The van der Waals surface area contributed by atoms with Gasteiger partial charge in [0.2, 0.25) is 0 Å². The summed E-state index contributed by atoms with van der Waals surface area (Å²) < 4.78 is 0. The number of alkyl halides is 1. The van der Waals surface area contributed by atoms with E-state index in [1.807, 2.05) is 12.3 Å². The SMILES string of the molecule is BrCC1CCCN1Cc1ccc2ncccc2c1. The molecule has 2 nitrogen and oxygen atoms in total. The molecule has 0 N–H and O–H groups in total. The summed E-state index contributed by atoms with van der Waals surface area (Å²) >= 11 is 3.62. The molecule has 1 aliphatic heterocycles. The smallest absolute Gasteiger partial charge is 0.0702 e. The lowest BCUT2D eigenvalue weighted by atomic mass is 10.1. The average molecular weight is 305 g/mol. The Bertz CT molecular complexity index is 541. The largest absolute Gasteiger partial charge is 0.295 e. The van der Waals surface area contributed by atoms with Crippen LogP contribution < -0.4 is 0 Å². The van der Waals surface area contributed by atoms with E-state index in [1.165, 1.54) is 30.3 Å². The second kappa shape index (κ2) is 5.37. The molecule has 0 saturated carbocycles. The highest BCUT2D eigenvalue weighted by Gasteiger charge is 2.23. The highest BCUT2D eigenvalue weighted by Crippen LogP contribution is 2.22. The highest BCUT2D eigenvalue weighted by molar-refractivity contribution is 9.09. The number of rotatable bonds is 3. The molecule has 1 aromatic heterocycles. The maximum absolute atomic E-state index is 4.36. The van der Waals surface area contributed by atoms with E-state index >= 15 is 0 Å². The number of pyridine rings is 1. The van der Waals surface area contributed by atoms with Gasteiger partial charge in [-0.05, 0) is 43.1 Å². The molecular formula is C15H17BrN2. The van der Waals surface area contributed by atoms with Crippen LogP contribution in [0, 0.1) is 0 Å². The van der Waals surface area contributed by atoms with E-state index in [9.17, 15) is 0 Å². The first-order valence-electron chi connectivity index (χ1n) is 6.50. The second-order valence-electron chi connectivity index (χ2n) is 4.95. The van der Waals surface area contributed by atoms with Gasteiger partial charge in [-0.1, -0.05) is 28.1 Å². The fraction of sp³-hybridized carbons (Fsp3) is 0.400. The Balaban J connectivity index is 1.82. The summed E-state index contributed by atoms with van der Waals surface area (Å²) in [5, 5.41) is 2.33. The molecule has 1 aliphatic rings. The van der Waals surface area contributed by atoms with Crippen molar-refractivity contribution < 1.29 is 0 Å². The summed E-state index contributed by atoms with van der Waals surface area (Å²) in [7, 11) is 0. The second-order valence-corrected chi connectivity index (χ2v) is 5.60. The fourth-order valence-corrected chi connectivity index (χ4v) is 3.47. The Morgan fingerprint density at radius 1 is 1.33 bits per heavy atom. The van der Waals surface area contributed by atoms with Crippen molar-refractivity contribution in [1.29, 1.82) is 0 Å². The number of benzene rings is 1. The molecular weight excluding hydrogens is 288 g/mol. The third-order valence-corrected chi connectivity index (χ3v) is 4.48. The standard InChI is InChI=1S/C15H17BrN2/c16-10-14-4-2-8-18(14)11-12-5-6-15-13(9-12)3-1-7-17-15/h1,3,5-7,9,14H,2,4,8,10-11H2. The Morgan fingerprint density at radius 3 is 3.17 bits per heavy atom. The predicted molar refractivity (Wildman–Crippen MR) is 79.0 cm³/mol. The van der Waals surface area contributed by atoms with E-state index in [0.717, 1.165) is 17.4 Å². The summed E-state index contributed by atoms with van der Waals surface area (Å²) in [6, 6.07) is 11.4. The first kappa shape index (κ1) is 12.1. The van der Waals surface area contributed by atoms with Crippen LogP contribution >= 0.6 is 15.9 Å². The highest BCUT2D eigenvalue weighted by atomic mass is 79.9. The number of halogens is 1. The lowest BCUT2D eigenvalue weighted by molar-refractivity contribution is 0.265. The Morgan fingerprint density at radius 2 is 2.28 bits per heavy atom. The van der Waals surface area contributed by atoms with E-state index < -0.39 is 0 Å². The van der Waals surface area contributed by atoms with Gasteiger partial charge in [0.25, 0.3) is 0 Å². The van der Waals surface area contributed by atoms with Gasteiger partial charge in [0.05, 0.1) is 5.52 Å². The Labute approximate surface area is 116 Å². The fourth-order valence-electron chi connectivity index (χ4n) is 2.74. The van der Waals surface area contributed by atoms with Crippen LogP contribution in [-0.2, 0) is 6.54 Å². The zero-order valence-corrected chi connectivity index (χ0v) is 11.9. The van der Waals surface area contributed by atoms with Crippen molar-refractivity contribution in [3.63, 3.8) is 0 Å². The van der Waals surface area contributed by atoms with Crippen LogP contribution in [-0.4, -0.2) is 27.8 Å². The van der Waals surface area contributed by atoms with Crippen LogP contribution in [0.5, 0.6) is 0 Å². The van der Waals surface area contributed by atoms with E-state index in [4.69, 9.17) is 0 Å². The number of likely N-dealkylation sites (tertiary alicyclic amines) is 1. The minimum absolute atomic E-state index is 0.703. The molecule has 0 radical (unpaired) electrons. The van der Waals surface area contributed by atoms with Crippen molar-refractivity contribution >= 4 is 26.8 Å². The molecule has 94 valence electrons. The van der Waals surface area contributed by atoms with Gasteiger partial charge in [0.1, 0.15) is 0 Å². The summed E-state index contributed by atoms with van der Waals surface area (Å²) in [6.07, 6.45) is 4.50. The third-order valence-electron chi connectivity index (χ3n) is 3.73. The maximum atomic E-state index is 4.36. The van der Waals surface area contributed by atoms with Gasteiger partial charge < -0.3 is 0 Å². The number of hydrogen-bond acceptors (Lipinski definition) is 2. The molecule has 0 spiro atoms. The monoisotopic (exact) mass is 304 g/mol. The molecule has 2 aromatic rings. The summed E-state index contributed by atoms with van der Waals surface area (Å²) in [5.41, 5.74) is 2.48. The number of fused-ring (bicyclic) bond motifs is 1. The van der Waals surface area contributed by atoms with E-state index in [1.54, 1.807) is 0 Å². The van der Waals surface area contributed by atoms with Crippen LogP contribution in [0.15, 0.2) is 36.5 Å². The molecule has 2 heterocycles. The minimum Gasteiger partial charge on any atom is -0.295 e. The maximum Gasteiger partial charge on any atom is 0.0702 e. The molecule has 1 atom stereocenters. The minimum atomic E-state index is 0.703. The van der Waals surface area contributed by atoms with Crippen LogP contribution in [0.25, 0.3) is 10.9 Å². The molecule has 3 rings (SSSR count). The molecule has 1 fully saturated rings. The number of nitrogens with zero attached hydrogens (tertiary/aromatic N) is 2. The van der Waals surface area contributed by atoms with Crippen molar-refractivity contribution in [2.45, 2.75) is 25.4 Å². The van der Waals surface area contributed by atoms with E-state index in [0.29, 0.717) is 6.04 Å². The van der Waals surface area contributed by atoms with Gasteiger partial charge in [-0.3, -0.25) is 9.88 Å². The predicted octanol–water partition coefficient (Wildman–Crippen LogP) is 3.59. The quantitative estimate of drug-likeness (QED) is 0.806. The van der Waals surface area contributed by atoms with Crippen molar-refractivity contribution in [3.8, 4) is 0 Å². The first-order valence-corrected chi connectivity index (χ1v) is 7.62. The van der Waals surface area contributed by atoms with Crippen molar-refractivity contribution in [2.75, 3.05) is 11.9 Å². The lowest BCUT2D eigenvalue weighted by Gasteiger charge is -2.22. The van der Waals surface area contributed by atoms with Crippen LogP contribution in [0.4, 0.5) is 0 Å². The van der Waals surface area contributed by atoms with Crippen molar-refractivity contribution in [2.24, 2.45) is 0 Å². The van der Waals surface area contributed by atoms with Crippen LogP contribution in [0.1, 0.15) is 18.4 Å². The molecule has 18 heavy (non-hydrogen) atoms. The van der Waals surface area contributed by atoms with E-state index in [2.05, 4.69) is 50.1 Å². The van der Waals surface area contributed by atoms with Crippen LogP contribution in [0.3, 0.4) is 0 Å². The van der Waals surface area contributed by atoms with Gasteiger partial charge in [0.15, 0.2) is 0 Å². The summed E-state index contributed by atoms with van der Waals surface area (Å²) in [4.78, 5) is 6.94.